The molecular formula is C16H22FNO3. The molecular weight excluding hydrogens is 273 g/mol. The summed E-state index contributed by atoms with van der Waals surface area (Å²) in [6.07, 6.45) is 2.59. The molecule has 3 atom stereocenters. The van der Waals surface area contributed by atoms with Crippen LogP contribution in [0.1, 0.15) is 30.9 Å². The van der Waals surface area contributed by atoms with E-state index in [1.807, 2.05) is 0 Å². The van der Waals surface area contributed by atoms with E-state index in [0.29, 0.717) is 24.5 Å². The largest absolute Gasteiger partial charge is 0.497 e. The molecule has 0 amide bonds. The maximum atomic E-state index is 14.2. The van der Waals surface area contributed by atoms with Crippen LogP contribution in [0.3, 0.4) is 0 Å². The Hall–Kier alpha value is -1.17. The summed E-state index contributed by atoms with van der Waals surface area (Å²) in [5, 5.41) is 0. The van der Waals surface area contributed by atoms with Crippen molar-refractivity contribution in [2.45, 2.75) is 30.9 Å². The lowest BCUT2D eigenvalue weighted by molar-refractivity contribution is -0.101. The molecule has 3 rings (SSSR count). The quantitative estimate of drug-likeness (QED) is 0.930. The third-order valence-corrected chi connectivity index (χ3v) is 4.67. The number of hydrogen-bond donors (Lipinski definition) is 1. The number of halogens is 1. The SMILES string of the molecule is COc1ccc(C(N)C2CCOC3(CCOC3)C2)c(F)c1. The van der Waals surface area contributed by atoms with Crippen molar-refractivity contribution < 1.29 is 18.6 Å². The van der Waals surface area contributed by atoms with E-state index >= 15 is 0 Å². The molecule has 2 fully saturated rings. The van der Waals surface area contributed by atoms with Crippen LogP contribution in [0.4, 0.5) is 4.39 Å². The molecule has 0 radical (unpaired) electrons. The summed E-state index contributed by atoms with van der Waals surface area (Å²) >= 11 is 0. The summed E-state index contributed by atoms with van der Waals surface area (Å²) in [5.74, 6) is 0.421. The van der Waals surface area contributed by atoms with Crippen LogP contribution in [0, 0.1) is 11.7 Å². The molecule has 1 aromatic rings. The third kappa shape index (κ3) is 2.91. The highest BCUT2D eigenvalue weighted by molar-refractivity contribution is 5.31. The number of nitrogens with two attached hydrogens (primary N) is 1. The van der Waals surface area contributed by atoms with Crippen molar-refractivity contribution in [3.8, 4) is 5.75 Å². The molecule has 3 unspecified atom stereocenters. The fourth-order valence-electron chi connectivity index (χ4n) is 3.39. The molecule has 2 saturated heterocycles. The molecule has 2 N–H and O–H groups in total. The van der Waals surface area contributed by atoms with Crippen molar-refractivity contribution in [1.29, 1.82) is 0 Å². The van der Waals surface area contributed by atoms with Gasteiger partial charge in [-0.3, -0.25) is 0 Å². The first-order chi connectivity index (χ1) is 10.1. The van der Waals surface area contributed by atoms with Gasteiger partial charge in [0.25, 0.3) is 0 Å². The lowest BCUT2D eigenvalue weighted by atomic mass is 9.79. The molecule has 0 saturated carbocycles. The van der Waals surface area contributed by atoms with Crippen molar-refractivity contribution in [3.05, 3.63) is 29.6 Å². The fourth-order valence-corrected chi connectivity index (χ4v) is 3.39. The van der Waals surface area contributed by atoms with E-state index in [-0.39, 0.29) is 23.4 Å². The fraction of sp³-hybridized carbons (Fsp3) is 0.625. The van der Waals surface area contributed by atoms with Crippen LogP contribution < -0.4 is 10.5 Å². The van der Waals surface area contributed by atoms with Crippen LogP contribution in [-0.4, -0.2) is 32.5 Å². The Bertz CT molecular complexity index is 502. The second kappa shape index (κ2) is 5.91. The van der Waals surface area contributed by atoms with Gasteiger partial charge in [0, 0.05) is 37.3 Å². The highest BCUT2D eigenvalue weighted by Crippen LogP contribution is 2.40. The maximum absolute atomic E-state index is 14.2. The van der Waals surface area contributed by atoms with Gasteiger partial charge in [0.15, 0.2) is 0 Å². The topological polar surface area (TPSA) is 53.7 Å². The Morgan fingerprint density at radius 1 is 1.43 bits per heavy atom. The number of ether oxygens (including phenoxy) is 3. The predicted molar refractivity (Wildman–Crippen MR) is 76.7 cm³/mol. The second-order valence-electron chi connectivity index (χ2n) is 6.00. The van der Waals surface area contributed by atoms with Crippen LogP contribution in [-0.2, 0) is 9.47 Å². The molecule has 4 nitrogen and oxygen atoms in total. The standard InChI is InChI=1S/C16H22FNO3/c1-19-12-2-3-13(14(17)8-12)15(18)11-4-6-21-16(9-11)5-7-20-10-16/h2-3,8,11,15H,4-7,9-10,18H2,1H3. The number of benzene rings is 1. The number of rotatable bonds is 3. The van der Waals surface area contributed by atoms with E-state index in [1.165, 1.54) is 13.2 Å². The smallest absolute Gasteiger partial charge is 0.131 e. The van der Waals surface area contributed by atoms with Crippen molar-refractivity contribution >= 4 is 0 Å². The highest BCUT2D eigenvalue weighted by Gasteiger charge is 2.42. The summed E-state index contributed by atoms with van der Waals surface area (Å²) in [6, 6.07) is 4.55. The zero-order valence-corrected chi connectivity index (χ0v) is 12.3. The van der Waals surface area contributed by atoms with Gasteiger partial charge in [-0.2, -0.15) is 0 Å². The normalized spacial score (nSPS) is 30.5. The first-order valence-electron chi connectivity index (χ1n) is 7.44. The molecule has 21 heavy (non-hydrogen) atoms. The van der Waals surface area contributed by atoms with Crippen molar-refractivity contribution in [3.63, 3.8) is 0 Å². The minimum absolute atomic E-state index is 0.205. The van der Waals surface area contributed by atoms with E-state index in [2.05, 4.69) is 0 Å². The van der Waals surface area contributed by atoms with Gasteiger partial charge in [-0.15, -0.1) is 0 Å². The second-order valence-corrected chi connectivity index (χ2v) is 6.00. The Morgan fingerprint density at radius 3 is 2.95 bits per heavy atom. The molecule has 0 bridgehead atoms. The lowest BCUT2D eigenvalue weighted by Gasteiger charge is -2.39. The molecule has 116 valence electrons. The van der Waals surface area contributed by atoms with Gasteiger partial charge in [0.1, 0.15) is 11.6 Å². The summed E-state index contributed by atoms with van der Waals surface area (Å²) in [4.78, 5) is 0. The summed E-state index contributed by atoms with van der Waals surface area (Å²) in [5.41, 5.74) is 6.68. The van der Waals surface area contributed by atoms with Gasteiger partial charge in [-0.1, -0.05) is 6.07 Å². The van der Waals surface area contributed by atoms with E-state index in [0.717, 1.165) is 25.9 Å². The lowest BCUT2D eigenvalue weighted by Crippen LogP contribution is -2.43. The van der Waals surface area contributed by atoms with Gasteiger partial charge in [0.2, 0.25) is 0 Å². The number of methoxy groups -OCH3 is 1. The van der Waals surface area contributed by atoms with Crippen LogP contribution in [0.5, 0.6) is 5.75 Å². The van der Waals surface area contributed by atoms with E-state index in [4.69, 9.17) is 19.9 Å². The maximum Gasteiger partial charge on any atom is 0.131 e. The summed E-state index contributed by atoms with van der Waals surface area (Å²) in [7, 11) is 1.52. The molecule has 1 aromatic carbocycles. The van der Waals surface area contributed by atoms with Crippen molar-refractivity contribution in [1.82, 2.24) is 0 Å². The average molecular weight is 295 g/mol. The molecule has 2 heterocycles. The minimum Gasteiger partial charge on any atom is -0.497 e. The first kappa shape index (κ1) is 14.8. The Balaban J connectivity index is 1.76. The third-order valence-electron chi connectivity index (χ3n) is 4.67. The van der Waals surface area contributed by atoms with Crippen molar-refractivity contribution in [2.75, 3.05) is 26.9 Å². The molecule has 0 aliphatic carbocycles. The van der Waals surface area contributed by atoms with Crippen LogP contribution >= 0.6 is 0 Å². The summed E-state index contributed by atoms with van der Waals surface area (Å²) < 4.78 is 30.6. The van der Waals surface area contributed by atoms with Crippen LogP contribution in [0.2, 0.25) is 0 Å². The molecule has 5 heteroatoms. The Labute approximate surface area is 124 Å². The van der Waals surface area contributed by atoms with E-state index < -0.39 is 0 Å². The monoisotopic (exact) mass is 295 g/mol. The average Bonchev–Trinajstić information content (AvgIpc) is 2.94. The van der Waals surface area contributed by atoms with Gasteiger partial charge in [-0.05, 0) is 24.8 Å². The van der Waals surface area contributed by atoms with Crippen LogP contribution in [0.25, 0.3) is 0 Å². The first-order valence-corrected chi connectivity index (χ1v) is 7.44. The minimum atomic E-state index is -0.322. The number of hydrogen-bond acceptors (Lipinski definition) is 4. The Morgan fingerprint density at radius 2 is 2.29 bits per heavy atom. The predicted octanol–water partition coefficient (Wildman–Crippen LogP) is 2.42. The van der Waals surface area contributed by atoms with Gasteiger partial charge in [-0.25, -0.2) is 4.39 Å². The summed E-state index contributed by atoms with van der Waals surface area (Å²) in [6.45, 7) is 2.03. The Kier molecular flexibility index (Phi) is 4.15. The highest BCUT2D eigenvalue weighted by atomic mass is 19.1. The molecule has 2 aliphatic heterocycles. The molecule has 0 aromatic heterocycles. The van der Waals surface area contributed by atoms with Gasteiger partial charge >= 0.3 is 0 Å². The zero-order valence-electron chi connectivity index (χ0n) is 12.3. The van der Waals surface area contributed by atoms with Gasteiger partial charge < -0.3 is 19.9 Å². The van der Waals surface area contributed by atoms with E-state index in [9.17, 15) is 4.39 Å². The molecule has 2 aliphatic rings. The van der Waals surface area contributed by atoms with Gasteiger partial charge in [0.05, 0.1) is 19.3 Å². The van der Waals surface area contributed by atoms with E-state index in [1.54, 1.807) is 12.1 Å². The zero-order chi connectivity index (χ0) is 14.9. The van der Waals surface area contributed by atoms with Crippen molar-refractivity contribution in [2.24, 2.45) is 11.7 Å². The molecule has 1 spiro atoms. The van der Waals surface area contributed by atoms with Crippen LogP contribution in [0.15, 0.2) is 18.2 Å².